The summed E-state index contributed by atoms with van der Waals surface area (Å²) >= 11 is 0. The molecule has 1 heterocycles. The zero-order valence-electron chi connectivity index (χ0n) is 14.1. The fourth-order valence-electron chi connectivity index (χ4n) is 2.56. The first-order chi connectivity index (χ1) is 12.3. The summed E-state index contributed by atoms with van der Waals surface area (Å²) in [6.45, 7) is 1.78. The van der Waals surface area contributed by atoms with Crippen LogP contribution in [0.25, 0.3) is 22.4 Å². The highest BCUT2D eigenvalue weighted by Crippen LogP contribution is 2.34. The lowest BCUT2D eigenvalue weighted by Crippen LogP contribution is -2.31. The number of benzene rings is 2. The van der Waals surface area contributed by atoms with Gasteiger partial charge >= 0.3 is 6.09 Å². The number of carbonyl (C=O) groups is 1. The Morgan fingerprint density at radius 1 is 1.04 bits per heavy atom. The van der Waals surface area contributed by atoms with Crippen LogP contribution >= 0.6 is 0 Å². The molecule has 8 heteroatoms. The molecule has 134 valence electrons. The van der Waals surface area contributed by atoms with E-state index in [9.17, 15) is 13.2 Å². The van der Waals surface area contributed by atoms with Crippen molar-refractivity contribution in [3.63, 3.8) is 0 Å². The van der Waals surface area contributed by atoms with E-state index >= 15 is 0 Å². The van der Waals surface area contributed by atoms with Gasteiger partial charge in [0.1, 0.15) is 11.5 Å². The number of amides is 1. The molecule has 1 amide bonds. The zero-order chi connectivity index (χ0) is 18.9. The highest BCUT2D eigenvalue weighted by atomic mass is 32.2. The van der Waals surface area contributed by atoms with Crippen LogP contribution in [0.4, 0.5) is 4.79 Å². The molecule has 1 N–H and O–H groups in total. The third kappa shape index (κ3) is 3.06. The SMILES string of the molecule is Cc1onc(-c2ccccc2)c1-c1ccc(S(=O)(=O)N(C)C(=O)O)cc1. The molecule has 26 heavy (non-hydrogen) atoms. The Morgan fingerprint density at radius 2 is 1.65 bits per heavy atom. The molecule has 1 aromatic heterocycles. The maximum absolute atomic E-state index is 12.2. The number of aromatic nitrogens is 1. The lowest BCUT2D eigenvalue weighted by atomic mass is 10.00. The number of hydrogen-bond donors (Lipinski definition) is 1. The number of sulfonamides is 1. The van der Waals surface area contributed by atoms with Crippen LogP contribution in [0.5, 0.6) is 0 Å². The molecule has 0 bridgehead atoms. The van der Waals surface area contributed by atoms with Crippen LogP contribution in [-0.4, -0.2) is 36.1 Å². The van der Waals surface area contributed by atoms with Crippen molar-refractivity contribution < 1.29 is 22.8 Å². The van der Waals surface area contributed by atoms with E-state index in [0.717, 1.165) is 23.7 Å². The Labute approximate surface area is 150 Å². The van der Waals surface area contributed by atoms with E-state index < -0.39 is 16.1 Å². The summed E-state index contributed by atoms with van der Waals surface area (Å²) in [7, 11) is -3.11. The Kier molecular flexibility index (Phi) is 4.52. The maximum atomic E-state index is 12.2. The van der Waals surface area contributed by atoms with Crippen molar-refractivity contribution in [1.82, 2.24) is 9.46 Å². The predicted octanol–water partition coefficient (Wildman–Crippen LogP) is 3.62. The maximum Gasteiger partial charge on any atom is 0.421 e. The first-order valence-corrected chi connectivity index (χ1v) is 9.10. The van der Waals surface area contributed by atoms with Crippen molar-refractivity contribution in [2.24, 2.45) is 0 Å². The molecule has 7 nitrogen and oxygen atoms in total. The van der Waals surface area contributed by atoms with Crippen molar-refractivity contribution in [3.05, 3.63) is 60.4 Å². The predicted molar refractivity (Wildman–Crippen MR) is 95.1 cm³/mol. The molecular weight excluding hydrogens is 356 g/mol. The molecule has 0 unspecified atom stereocenters. The molecule has 0 saturated carbocycles. The summed E-state index contributed by atoms with van der Waals surface area (Å²) in [4.78, 5) is 10.8. The molecule has 0 aliphatic rings. The minimum Gasteiger partial charge on any atom is -0.464 e. The topological polar surface area (TPSA) is 101 Å². The van der Waals surface area contributed by atoms with Gasteiger partial charge in [0, 0.05) is 12.6 Å². The van der Waals surface area contributed by atoms with Gasteiger partial charge in [-0.1, -0.05) is 47.6 Å². The summed E-state index contributed by atoms with van der Waals surface area (Å²) in [6, 6.07) is 15.4. The van der Waals surface area contributed by atoms with Crippen molar-refractivity contribution in [1.29, 1.82) is 0 Å². The fraction of sp³-hybridized carbons (Fsp3) is 0.111. The highest BCUT2D eigenvalue weighted by molar-refractivity contribution is 7.89. The van der Waals surface area contributed by atoms with Gasteiger partial charge < -0.3 is 9.63 Å². The summed E-state index contributed by atoms with van der Waals surface area (Å²) < 4.78 is 30.1. The van der Waals surface area contributed by atoms with Gasteiger partial charge in [-0.05, 0) is 24.6 Å². The smallest absolute Gasteiger partial charge is 0.421 e. The van der Waals surface area contributed by atoms with Gasteiger partial charge in [0.05, 0.1) is 10.5 Å². The van der Waals surface area contributed by atoms with E-state index in [1.165, 1.54) is 12.1 Å². The number of nitrogens with zero attached hydrogens (tertiary/aromatic N) is 2. The first-order valence-electron chi connectivity index (χ1n) is 7.66. The summed E-state index contributed by atoms with van der Waals surface area (Å²) in [5.41, 5.74) is 3.01. The minimum absolute atomic E-state index is 0.110. The molecule has 0 aliphatic carbocycles. The second-order valence-electron chi connectivity index (χ2n) is 5.61. The van der Waals surface area contributed by atoms with E-state index in [2.05, 4.69) is 5.16 Å². The van der Waals surface area contributed by atoms with E-state index in [0.29, 0.717) is 11.5 Å². The van der Waals surface area contributed by atoms with Crippen LogP contribution < -0.4 is 0 Å². The van der Waals surface area contributed by atoms with Gasteiger partial charge in [-0.15, -0.1) is 0 Å². The molecule has 0 saturated heterocycles. The Balaban J connectivity index is 2.04. The van der Waals surface area contributed by atoms with Crippen molar-refractivity contribution in [2.45, 2.75) is 11.8 Å². The molecule has 0 radical (unpaired) electrons. The molecule has 3 aromatic rings. The average Bonchev–Trinajstić information content (AvgIpc) is 3.03. The van der Waals surface area contributed by atoms with Gasteiger partial charge in [-0.2, -0.15) is 0 Å². The largest absolute Gasteiger partial charge is 0.464 e. The Bertz CT molecular complexity index is 1040. The van der Waals surface area contributed by atoms with Gasteiger partial charge in [0.2, 0.25) is 0 Å². The van der Waals surface area contributed by atoms with Crippen LogP contribution in [0.2, 0.25) is 0 Å². The average molecular weight is 372 g/mol. The lowest BCUT2D eigenvalue weighted by Gasteiger charge is -2.14. The molecule has 0 spiro atoms. The molecule has 0 fully saturated rings. The minimum atomic E-state index is -4.10. The van der Waals surface area contributed by atoms with Crippen molar-refractivity contribution in [3.8, 4) is 22.4 Å². The first kappa shape index (κ1) is 17.7. The second kappa shape index (κ2) is 6.64. The number of aryl methyl sites for hydroxylation is 1. The lowest BCUT2D eigenvalue weighted by molar-refractivity contribution is 0.178. The number of hydrogen-bond acceptors (Lipinski definition) is 5. The Hall–Kier alpha value is -3.13. The van der Waals surface area contributed by atoms with Crippen LogP contribution in [0, 0.1) is 6.92 Å². The fourth-order valence-corrected chi connectivity index (χ4v) is 3.56. The summed E-state index contributed by atoms with van der Waals surface area (Å²) in [6.07, 6.45) is -1.55. The molecule has 0 atom stereocenters. The van der Waals surface area contributed by atoms with Crippen LogP contribution in [0.15, 0.2) is 64.0 Å². The van der Waals surface area contributed by atoms with Crippen LogP contribution in [-0.2, 0) is 10.0 Å². The van der Waals surface area contributed by atoms with E-state index in [4.69, 9.17) is 9.63 Å². The van der Waals surface area contributed by atoms with Crippen LogP contribution in [0.3, 0.4) is 0 Å². The van der Waals surface area contributed by atoms with Crippen LogP contribution in [0.1, 0.15) is 5.76 Å². The molecular formula is C18H16N2O5S. The normalized spacial score (nSPS) is 11.3. The monoisotopic (exact) mass is 372 g/mol. The summed E-state index contributed by atoms with van der Waals surface area (Å²) in [5.74, 6) is 0.599. The zero-order valence-corrected chi connectivity index (χ0v) is 14.9. The van der Waals surface area contributed by atoms with E-state index in [1.807, 2.05) is 30.3 Å². The highest BCUT2D eigenvalue weighted by Gasteiger charge is 2.25. The quantitative estimate of drug-likeness (QED) is 0.751. The number of rotatable bonds is 4. The van der Waals surface area contributed by atoms with E-state index in [-0.39, 0.29) is 9.20 Å². The van der Waals surface area contributed by atoms with Crippen molar-refractivity contribution >= 4 is 16.1 Å². The van der Waals surface area contributed by atoms with Gasteiger partial charge in [-0.3, -0.25) is 0 Å². The molecule has 3 rings (SSSR count). The molecule has 0 aliphatic heterocycles. The van der Waals surface area contributed by atoms with Gasteiger partial charge in [0.15, 0.2) is 0 Å². The second-order valence-corrected chi connectivity index (χ2v) is 7.58. The standard InChI is InChI=1S/C18H16N2O5S/c1-12-16(17(19-25-12)14-6-4-3-5-7-14)13-8-10-15(11-9-13)26(23,24)20(2)18(21)22/h3-11H,1-2H3,(H,21,22). The third-order valence-corrected chi connectivity index (χ3v) is 5.73. The van der Waals surface area contributed by atoms with Gasteiger partial charge in [-0.25, -0.2) is 17.5 Å². The van der Waals surface area contributed by atoms with Crippen molar-refractivity contribution in [2.75, 3.05) is 7.05 Å². The molecule has 2 aromatic carbocycles. The van der Waals surface area contributed by atoms with E-state index in [1.54, 1.807) is 19.1 Å². The third-order valence-electron chi connectivity index (χ3n) is 3.98. The number of carboxylic acid groups (broad SMARTS) is 1. The Morgan fingerprint density at radius 3 is 2.23 bits per heavy atom. The van der Waals surface area contributed by atoms with Gasteiger partial charge in [0.25, 0.3) is 10.0 Å². The summed E-state index contributed by atoms with van der Waals surface area (Å²) in [5, 5.41) is 13.0.